The van der Waals surface area contributed by atoms with E-state index in [-0.39, 0.29) is 5.78 Å². The van der Waals surface area contributed by atoms with E-state index in [1.165, 1.54) is 0 Å². The zero-order valence-electron chi connectivity index (χ0n) is 9.91. The fourth-order valence-electron chi connectivity index (χ4n) is 1.77. The molecule has 3 heteroatoms. The van der Waals surface area contributed by atoms with Crippen LogP contribution < -0.4 is 10.1 Å². The van der Waals surface area contributed by atoms with Gasteiger partial charge in [-0.25, -0.2) is 0 Å². The number of Topliss-reactive ketones (excluding diaryl/α,β-unsaturated/α-hetero) is 1. The quantitative estimate of drug-likeness (QED) is 0.777. The van der Waals surface area contributed by atoms with Crippen LogP contribution in [0.2, 0.25) is 0 Å². The van der Waals surface area contributed by atoms with Gasteiger partial charge in [-0.2, -0.15) is 0 Å². The predicted octanol–water partition coefficient (Wildman–Crippen LogP) is 2.72. The van der Waals surface area contributed by atoms with E-state index in [9.17, 15) is 4.79 Å². The second kappa shape index (κ2) is 4.16. The maximum absolute atomic E-state index is 11.3. The molecule has 1 N–H and O–H groups in total. The summed E-state index contributed by atoms with van der Waals surface area (Å²) in [7, 11) is 0. The highest BCUT2D eigenvalue weighted by atomic mass is 16.5. The molecule has 16 heavy (non-hydrogen) atoms. The summed E-state index contributed by atoms with van der Waals surface area (Å²) in [5, 5.41) is 3.41. The third-order valence-corrected chi connectivity index (χ3v) is 2.95. The second-order valence-electron chi connectivity index (χ2n) is 4.57. The lowest BCUT2D eigenvalue weighted by Crippen LogP contribution is -2.35. The van der Waals surface area contributed by atoms with Crippen LogP contribution in [0.5, 0.6) is 5.75 Å². The molecule has 0 saturated heterocycles. The Morgan fingerprint density at radius 3 is 2.88 bits per heavy atom. The smallest absolute Gasteiger partial charge is 0.159 e. The van der Waals surface area contributed by atoms with E-state index in [0.29, 0.717) is 18.6 Å². The van der Waals surface area contributed by atoms with E-state index >= 15 is 0 Å². The molecule has 0 fully saturated rings. The van der Waals surface area contributed by atoms with Crippen molar-refractivity contribution in [3.05, 3.63) is 23.8 Å². The van der Waals surface area contributed by atoms with E-state index in [1.807, 2.05) is 12.1 Å². The number of anilines is 1. The first-order valence-corrected chi connectivity index (χ1v) is 5.62. The van der Waals surface area contributed by atoms with Gasteiger partial charge < -0.3 is 10.1 Å². The standard InChI is InChI=1S/C13H17NO2/c1-8(2)12-7-16-13-5-4-10(9(3)15)6-11(13)14-12/h4-6,8,12,14H,7H2,1-3H3. The van der Waals surface area contributed by atoms with E-state index in [1.54, 1.807) is 13.0 Å². The normalized spacial score (nSPS) is 18.6. The number of carbonyl (C=O) groups excluding carboxylic acids is 1. The number of hydrogen-bond acceptors (Lipinski definition) is 3. The molecule has 0 amide bonds. The van der Waals surface area contributed by atoms with Crippen molar-refractivity contribution in [2.75, 3.05) is 11.9 Å². The number of benzene rings is 1. The van der Waals surface area contributed by atoms with Gasteiger partial charge in [0, 0.05) is 5.56 Å². The van der Waals surface area contributed by atoms with E-state index < -0.39 is 0 Å². The lowest BCUT2D eigenvalue weighted by atomic mass is 10.0. The largest absolute Gasteiger partial charge is 0.489 e. The van der Waals surface area contributed by atoms with Crippen LogP contribution in [-0.4, -0.2) is 18.4 Å². The number of carbonyl (C=O) groups is 1. The Labute approximate surface area is 95.8 Å². The van der Waals surface area contributed by atoms with Crippen LogP contribution in [0.1, 0.15) is 31.1 Å². The van der Waals surface area contributed by atoms with Gasteiger partial charge in [0.15, 0.2) is 5.78 Å². The Bertz CT molecular complexity index is 412. The van der Waals surface area contributed by atoms with Gasteiger partial charge in [-0.3, -0.25) is 4.79 Å². The molecule has 0 aliphatic carbocycles. The molecule has 0 spiro atoms. The van der Waals surface area contributed by atoms with Crippen molar-refractivity contribution >= 4 is 11.5 Å². The molecule has 1 aliphatic heterocycles. The first kappa shape index (κ1) is 11.0. The highest BCUT2D eigenvalue weighted by Crippen LogP contribution is 2.31. The highest BCUT2D eigenvalue weighted by Gasteiger charge is 2.21. The first-order chi connectivity index (χ1) is 7.58. The molecule has 1 atom stereocenters. The highest BCUT2D eigenvalue weighted by molar-refractivity contribution is 5.95. The number of nitrogens with one attached hydrogen (secondary N) is 1. The number of hydrogen-bond donors (Lipinski definition) is 1. The molecule has 0 aromatic heterocycles. The molecule has 1 aliphatic rings. The van der Waals surface area contributed by atoms with Gasteiger partial charge in [0.25, 0.3) is 0 Å². The molecule has 0 saturated carbocycles. The van der Waals surface area contributed by atoms with E-state index in [4.69, 9.17) is 4.74 Å². The molecule has 1 unspecified atom stereocenters. The average molecular weight is 219 g/mol. The van der Waals surface area contributed by atoms with Crippen molar-refractivity contribution in [2.24, 2.45) is 5.92 Å². The van der Waals surface area contributed by atoms with Gasteiger partial charge in [-0.15, -0.1) is 0 Å². The van der Waals surface area contributed by atoms with E-state index in [0.717, 1.165) is 17.0 Å². The van der Waals surface area contributed by atoms with Crippen molar-refractivity contribution in [3.8, 4) is 5.75 Å². The van der Waals surface area contributed by atoms with Gasteiger partial charge in [0.1, 0.15) is 12.4 Å². The SMILES string of the molecule is CC(=O)c1ccc2c(c1)NC(C(C)C)CO2. The lowest BCUT2D eigenvalue weighted by molar-refractivity contribution is 0.101. The minimum Gasteiger partial charge on any atom is -0.489 e. The van der Waals surface area contributed by atoms with Gasteiger partial charge in [0.05, 0.1) is 11.7 Å². The topological polar surface area (TPSA) is 38.3 Å². The van der Waals surface area contributed by atoms with Crippen LogP contribution >= 0.6 is 0 Å². The van der Waals surface area contributed by atoms with Crippen LogP contribution in [0, 0.1) is 5.92 Å². The molecule has 2 rings (SSSR count). The fraction of sp³-hybridized carbons (Fsp3) is 0.462. The summed E-state index contributed by atoms with van der Waals surface area (Å²) in [5.74, 6) is 1.42. The van der Waals surface area contributed by atoms with Gasteiger partial charge in [-0.05, 0) is 31.0 Å². The Morgan fingerprint density at radius 2 is 2.25 bits per heavy atom. The summed E-state index contributed by atoms with van der Waals surface area (Å²) >= 11 is 0. The average Bonchev–Trinajstić information content (AvgIpc) is 2.27. The van der Waals surface area contributed by atoms with E-state index in [2.05, 4.69) is 19.2 Å². The second-order valence-corrected chi connectivity index (χ2v) is 4.57. The minimum absolute atomic E-state index is 0.0799. The molecular formula is C13H17NO2. The van der Waals surface area contributed by atoms with Crippen LogP contribution in [0.4, 0.5) is 5.69 Å². The molecule has 3 nitrogen and oxygen atoms in total. The number of fused-ring (bicyclic) bond motifs is 1. The lowest BCUT2D eigenvalue weighted by Gasteiger charge is -2.30. The van der Waals surface area contributed by atoms with Crippen LogP contribution in [-0.2, 0) is 0 Å². The van der Waals surface area contributed by atoms with Gasteiger partial charge in [-0.1, -0.05) is 13.8 Å². The van der Waals surface area contributed by atoms with Crippen LogP contribution in [0.25, 0.3) is 0 Å². The van der Waals surface area contributed by atoms with Crippen molar-refractivity contribution in [3.63, 3.8) is 0 Å². The maximum Gasteiger partial charge on any atom is 0.159 e. The van der Waals surface area contributed by atoms with Gasteiger partial charge in [0.2, 0.25) is 0 Å². The van der Waals surface area contributed by atoms with Crippen molar-refractivity contribution in [1.29, 1.82) is 0 Å². The Kier molecular flexibility index (Phi) is 2.86. The van der Waals surface area contributed by atoms with Crippen molar-refractivity contribution < 1.29 is 9.53 Å². The first-order valence-electron chi connectivity index (χ1n) is 5.62. The molecule has 0 radical (unpaired) electrons. The molecule has 1 aromatic rings. The van der Waals surface area contributed by atoms with Crippen molar-refractivity contribution in [1.82, 2.24) is 0 Å². The molecule has 0 bridgehead atoms. The third kappa shape index (κ3) is 2.03. The summed E-state index contributed by atoms with van der Waals surface area (Å²) in [6.07, 6.45) is 0. The zero-order valence-corrected chi connectivity index (χ0v) is 9.91. The zero-order chi connectivity index (χ0) is 11.7. The Hall–Kier alpha value is -1.51. The number of rotatable bonds is 2. The fourth-order valence-corrected chi connectivity index (χ4v) is 1.77. The summed E-state index contributed by atoms with van der Waals surface area (Å²) in [6.45, 7) is 6.57. The summed E-state index contributed by atoms with van der Waals surface area (Å²) < 4.78 is 5.66. The third-order valence-electron chi connectivity index (χ3n) is 2.95. The predicted molar refractivity (Wildman–Crippen MR) is 64.2 cm³/mol. The minimum atomic E-state index is 0.0799. The summed E-state index contributed by atoms with van der Waals surface area (Å²) in [5.41, 5.74) is 1.65. The maximum atomic E-state index is 11.3. The summed E-state index contributed by atoms with van der Waals surface area (Å²) in [4.78, 5) is 11.3. The molecule has 1 aromatic carbocycles. The summed E-state index contributed by atoms with van der Waals surface area (Å²) in [6, 6.07) is 5.84. The van der Waals surface area contributed by atoms with Crippen LogP contribution in [0.15, 0.2) is 18.2 Å². The molecule has 86 valence electrons. The number of ether oxygens (including phenoxy) is 1. The molecule has 1 heterocycles. The number of ketones is 1. The monoisotopic (exact) mass is 219 g/mol. The van der Waals surface area contributed by atoms with Crippen molar-refractivity contribution in [2.45, 2.75) is 26.8 Å². The Balaban J connectivity index is 2.28. The Morgan fingerprint density at radius 1 is 1.50 bits per heavy atom. The van der Waals surface area contributed by atoms with Gasteiger partial charge >= 0.3 is 0 Å². The van der Waals surface area contributed by atoms with Crippen LogP contribution in [0.3, 0.4) is 0 Å². The molecular weight excluding hydrogens is 202 g/mol.